The van der Waals surface area contributed by atoms with Gasteiger partial charge in [0, 0.05) is 19.3 Å². The van der Waals surface area contributed by atoms with Crippen LogP contribution in [0.4, 0.5) is 0 Å². The van der Waals surface area contributed by atoms with Crippen molar-refractivity contribution in [2.75, 3.05) is 13.1 Å². The molecule has 1 aromatic carbocycles. The van der Waals surface area contributed by atoms with Crippen molar-refractivity contribution in [2.45, 2.75) is 19.4 Å². The van der Waals surface area contributed by atoms with E-state index in [2.05, 4.69) is 15.0 Å². The van der Waals surface area contributed by atoms with Crippen molar-refractivity contribution in [1.82, 2.24) is 19.9 Å². The molecule has 7 nitrogen and oxygen atoms in total. The number of ether oxygens (including phenoxy) is 1. The molecule has 2 aromatic heterocycles. The predicted molar refractivity (Wildman–Crippen MR) is 101 cm³/mol. The summed E-state index contributed by atoms with van der Waals surface area (Å²) in [7, 11) is 0. The van der Waals surface area contributed by atoms with Gasteiger partial charge in [0.2, 0.25) is 0 Å². The van der Waals surface area contributed by atoms with Crippen molar-refractivity contribution < 1.29 is 9.53 Å². The number of fused-ring (bicyclic) bond motifs is 1. The van der Waals surface area contributed by atoms with Crippen molar-refractivity contribution >= 4 is 28.4 Å². The van der Waals surface area contributed by atoms with Crippen molar-refractivity contribution in [3.05, 3.63) is 63.4 Å². The van der Waals surface area contributed by atoms with Crippen LogP contribution >= 0.6 is 11.6 Å². The Kier molecular flexibility index (Phi) is 4.77. The summed E-state index contributed by atoms with van der Waals surface area (Å²) < 4.78 is 5.72. The molecule has 0 unspecified atom stereocenters. The van der Waals surface area contributed by atoms with Crippen LogP contribution in [-0.4, -0.2) is 38.8 Å². The van der Waals surface area contributed by atoms with Crippen LogP contribution < -0.4 is 10.3 Å². The highest BCUT2D eigenvalue weighted by molar-refractivity contribution is 6.33. The summed E-state index contributed by atoms with van der Waals surface area (Å²) in [6.07, 6.45) is 5.09. The largest absolute Gasteiger partial charge is 0.486 e. The number of H-pyrrole nitrogens is 1. The maximum Gasteiger partial charge on any atom is 0.258 e. The lowest BCUT2D eigenvalue weighted by Crippen LogP contribution is -2.27. The first kappa shape index (κ1) is 17.5. The number of hydrogen-bond donors (Lipinski definition) is 1. The van der Waals surface area contributed by atoms with Gasteiger partial charge in [-0.25, -0.2) is 4.98 Å². The van der Waals surface area contributed by atoms with Crippen LogP contribution in [-0.2, 0) is 6.61 Å². The second-order valence-electron chi connectivity index (χ2n) is 6.34. The fourth-order valence-electron chi connectivity index (χ4n) is 3.11. The molecule has 4 rings (SSSR count). The number of carbonyl (C=O) groups is 1. The van der Waals surface area contributed by atoms with Crippen LogP contribution in [0.5, 0.6) is 5.75 Å². The van der Waals surface area contributed by atoms with Crippen molar-refractivity contribution in [2.24, 2.45) is 0 Å². The van der Waals surface area contributed by atoms with Gasteiger partial charge in [-0.3, -0.25) is 14.6 Å². The molecule has 1 fully saturated rings. The number of rotatable bonds is 4. The Morgan fingerprint density at radius 2 is 2.07 bits per heavy atom. The number of hydrogen-bond acceptors (Lipinski definition) is 5. The van der Waals surface area contributed by atoms with E-state index in [1.807, 2.05) is 0 Å². The zero-order chi connectivity index (χ0) is 18.8. The minimum absolute atomic E-state index is 0.0546. The Balaban J connectivity index is 1.54. The number of amides is 1. The smallest absolute Gasteiger partial charge is 0.258 e. The van der Waals surface area contributed by atoms with Gasteiger partial charge >= 0.3 is 0 Å². The fraction of sp³-hybridized carbons (Fsp3) is 0.263. The molecule has 1 aliphatic rings. The van der Waals surface area contributed by atoms with Crippen LogP contribution in [0, 0.1) is 0 Å². The molecular weight excluding hydrogens is 368 g/mol. The Labute approximate surface area is 160 Å². The molecule has 3 aromatic rings. The van der Waals surface area contributed by atoms with Gasteiger partial charge in [0.05, 0.1) is 27.7 Å². The molecule has 0 atom stereocenters. The Morgan fingerprint density at radius 1 is 1.26 bits per heavy atom. The summed E-state index contributed by atoms with van der Waals surface area (Å²) in [6, 6.07) is 6.56. The predicted octanol–water partition coefficient (Wildman–Crippen LogP) is 2.79. The van der Waals surface area contributed by atoms with Crippen LogP contribution in [0.1, 0.15) is 29.0 Å². The molecule has 1 saturated heterocycles. The standard InChI is InChI=1S/C19H17ClN4O3/c20-15-4-3-12(9-14(15)19(26)24-7-1-2-8-24)27-11-17-22-16-10-21-6-5-13(16)18(25)23-17/h3-6,9-10H,1-2,7-8,11H2,(H,22,23,25). The van der Waals surface area contributed by atoms with Crippen molar-refractivity contribution in [3.8, 4) is 5.75 Å². The molecular formula is C19H17ClN4O3. The van der Waals surface area contributed by atoms with Crippen LogP contribution in [0.3, 0.4) is 0 Å². The Morgan fingerprint density at radius 3 is 2.89 bits per heavy atom. The minimum Gasteiger partial charge on any atom is -0.486 e. The molecule has 0 spiro atoms. The molecule has 1 N–H and O–H groups in total. The first-order valence-electron chi connectivity index (χ1n) is 8.66. The summed E-state index contributed by atoms with van der Waals surface area (Å²) in [6.45, 7) is 1.55. The van der Waals surface area contributed by atoms with Crippen molar-refractivity contribution in [1.29, 1.82) is 0 Å². The van der Waals surface area contributed by atoms with Crippen LogP contribution in [0.25, 0.3) is 10.9 Å². The summed E-state index contributed by atoms with van der Waals surface area (Å²) in [5.41, 5.74) is 0.670. The van der Waals surface area contributed by atoms with E-state index in [9.17, 15) is 9.59 Å². The van der Waals surface area contributed by atoms with E-state index in [-0.39, 0.29) is 18.1 Å². The average Bonchev–Trinajstić information content (AvgIpc) is 3.22. The fourth-order valence-corrected chi connectivity index (χ4v) is 3.31. The van der Waals surface area contributed by atoms with Crippen LogP contribution in [0.2, 0.25) is 5.02 Å². The van der Waals surface area contributed by atoms with E-state index < -0.39 is 0 Å². The second-order valence-corrected chi connectivity index (χ2v) is 6.74. The van der Waals surface area contributed by atoms with Gasteiger partial charge in [0.1, 0.15) is 18.2 Å². The molecule has 1 amide bonds. The molecule has 0 bridgehead atoms. The van der Waals surface area contributed by atoms with E-state index in [1.165, 1.54) is 6.20 Å². The summed E-state index contributed by atoms with van der Waals surface area (Å²) in [5, 5.41) is 0.862. The van der Waals surface area contributed by atoms with Gasteiger partial charge < -0.3 is 14.6 Å². The van der Waals surface area contributed by atoms with Crippen LogP contribution in [0.15, 0.2) is 41.5 Å². The molecule has 0 aliphatic carbocycles. The number of nitrogens with one attached hydrogen (secondary N) is 1. The Hall–Kier alpha value is -2.93. The lowest BCUT2D eigenvalue weighted by atomic mass is 10.2. The van der Waals surface area contributed by atoms with Gasteiger partial charge in [-0.1, -0.05) is 11.6 Å². The molecule has 27 heavy (non-hydrogen) atoms. The third-order valence-corrected chi connectivity index (χ3v) is 4.82. The lowest BCUT2D eigenvalue weighted by Gasteiger charge is -2.17. The van der Waals surface area contributed by atoms with Gasteiger partial charge in [0.25, 0.3) is 11.5 Å². The maximum absolute atomic E-state index is 12.6. The van der Waals surface area contributed by atoms with E-state index in [0.29, 0.717) is 33.1 Å². The number of nitrogens with zero attached hydrogens (tertiary/aromatic N) is 3. The number of aromatic amines is 1. The summed E-state index contributed by atoms with van der Waals surface area (Å²) >= 11 is 6.20. The Bertz CT molecular complexity index is 1060. The van der Waals surface area contributed by atoms with E-state index in [1.54, 1.807) is 35.4 Å². The van der Waals surface area contributed by atoms with E-state index in [4.69, 9.17) is 16.3 Å². The van der Waals surface area contributed by atoms with Crippen molar-refractivity contribution in [3.63, 3.8) is 0 Å². The lowest BCUT2D eigenvalue weighted by molar-refractivity contribution is 0.0792. The third-order valence-electron chi connectivity index (χ3n) is 4.49. The third kappa shape index (κ3) is 3.64. The zero-order valence-electron chi connectivity index (χ0n) is 14.4. The van der Waals surface area contributed by atoms with Gasteiger partial charge in [-0.2, -0.15) is 0 Å². The SMILES string of the molecule is O=C(c1cc(OCc2nc3cnccc3c(=O)[nH]2)ccc1Cl)N1CCCC1. The first-order valence-corrected chi connectivity index (χ1v) is 9.04. The minimum atomic E-state index is -0.248. The van der Waals surface area contributed by atoms with E-state index in [0.717, 1.165) is 25.9 Å². The average molecular weight is 385 g/mol. The second kappa shape index (κ2) is 7.36. The number of halogens is 1. The first-order chi connectivity index (χ1) is 13.1. The number of carbonyl (C=O) groups excluding carboxylic acids is 1. The molecule has 3 heterocycles. The molecule has 8 heteroatoms. The van der Waals surface area contributed by atoms with E-state index >= 15 is 0 Å². The monoisotopic (exact) mass is 384 g/mol. The molecule has 0 saturated carbocycles. The normalized spacial score (nSPS) is 13.9. The highest BCUT2D eigenvalue weighted by Crippen LogP contribution is 2.25. The number of benzene rings is 1. The van der Waals surface area contributed by atoms with Gasteiger partial charge in [0.15, 0.2) is 0 Å². The quantitative estimate of drug-likeness (QED) is 0.747. The molecule has 138 valence electrons. The zero-order valence-corrected chi connectivity index (χ0v) is 15.2. The molecule has 0 radical (unpaired) electrons. The maximum atomic E-state index is 12.6. The number of likely N-dealkylation sites (tertiary alicyclic amines) is 1. The van der Waals surface area contributed by atoms with Gasteiger partial charge in [-0.05, 0) is 37.1 Å². The number of aromatic nitrogens is 3. The molecule has 1 aliphatic heterocycles. The van der Waals surface area contributed by atoms with Gasteiger partial charge in [-0.15, -0.1) is 0 Å². The number of pyridine rings is 1. The topological polar surface area (TPSA) is 88.2 Å². The summed E-state index contributed by atoms with van der Waals surface area (Å²) in [5.74, 6) is 0.769. The highest BCUT2D eigenvalue weighted by atomic mass is 35.5. The summed E-state index contributed by atoms with van der Waals surface area (Å²) in [4.78, 5) is 37.5. The highest BCUT2D eigenvalue weighted by Gasteiger charge is 2.22.